The van der Waals surface area contributed by atoms with Gasteiger partial charge in [-0.05, 0) is 45.1 Å². The van der Waals surface area contributed by atoms with E-state index in [1.807, 2.05) is 6.92 Å². The summed E-state index contributed by atoms with van der Waals surface area (Å²) in [4.78, 5) is 0. The van der Waals surface area contributed by atoms with E-state index < -0.39 is 0 Å². The van der Waals surface area contributed by atoms with Crippen LogP contribution in [0, 0.1) is 5.92 Å². The zero-order chi connectivity index (χ0) is 10.4. The molecule has 0 amide bonds. The van der Waals surface area contributed by atoms with Crippen LogP contribution in [0.1, 0.15) is 32.6 Å². The summed E-state index contributed by atoms with van der Waals surface area (Å²) in [7, 11) is 1.76. The third-order valence-corrected chi connectivity index (χ3v) is 2.74. The monoisotopic (exact) mass is 201 g/mol. The lowest BCUT2D eigenvalue weighted by atomic mass is 10.1. The minimum atomic E-state index is -0.168. The molecule has 14 heavy (non-hydrogen) atoms. The number of methoxy groups -OCH3 is 1. The number of aliphatic hydroxyl groups excluding tert-OH is 1. The van der Waals surface area contributed by atoms with Crippen molar-refractivity contribution in [1.29, 1.82) is 0 Å². The molecule has 0 aromatic carbocycles. The lowest BCUT2D eigenvalue weighted by molar-refractivity contribution is 0.154. The Morgan fingerprint density at radius 3 is 2.71 bits per heavy atom. The molecule has 0 bridgehead atoms. The topological polar surface area (TPSA) is 41.5 Å². The van der Waals surface area contributed by atoms with Crippen molar-refractivity contribution in [3.05, 3.63) is 0 Å². The van der Waals surface area contributed by atoms with E-state index in [1.165, 1.54) is 12.8 Å². The van der Waals surface area contributed by atoms with Crippen molar-refractivity contribution in [2.24, 2.45) is 5.92 Å². The van der Waals surface area contributed by atoms with Crippen molar-refractivity contribution in [3.8, 4) is 0 Å². The number of aliphatic hydroxyl groups is 1. The van der Waals surface area contributed by atoms with Gasteiger partial charge in [-0.3, -0.25) is 0 Å². The molecule has 2 N–H and O–H groups in total. The number of nitrogens with one attached hydrogen (secondary N) is 1. The fourth-order valence-corrected chi connectivity index (χ4v) is 1.72. The van der Waals surface area contributed by atoms with Crippen molar-refractivity contribution < 1.29 is 9.84 Å². The third-order valence-electron chi connectivity index (χ3n) is 2.74. The van der Waals surface area contributed by atoms with Gasteiger partial charge in [-0.25, -0.2) is 0 Å². The van der Waals surface area contributed by atoms with Crippen LogP contribution in [-0.4, -0.2) is 37.5 Å². The average Bonchev–Trinajstić information content (AvgIpc) is 2.93. The summed E-state index contributed by atoms with van der Waals surface area (Å²) in [6.45, 7) is 3.66. The molecule has 0 radical (unpaired) electrons. The van der Waals surface area contributed by atoms with E-state index in [2.05, 4.69) is 5.32 Å². The molecule has 1 fully saturated rings. The normalized spacial score (nSPS) is 20.8. The predicted octanol–water partition coefficient (Wildman–Crippen LogP) is 1.16. The molecule has 3 heteroatoms. The Kier molecular flexibility index (Phi) is 5.45. The molecule has 3 nitrogen and oxygen atoms in total. The van der Waals surface area contributed by atoms with Crippen LogP contribution in [0.5, 0.6) is 0 Å². The Balaban J connectivity index is 2.01. The quantitative estimate of drug-likeness (QED) is 0.579. The molecule has 2 atom stereocenters. The number of ether oxygens (including phenoxy) is 1. The largest absolute Gasteiger partial charge is 0.393 e. The van der Waals surface area contributed by atoms with Gasteiger partial charge < -0.3 is 15.2 Å². The van der Waals surface area contributed by atoms with Gasteiger partial charge in [0.25, 0.3) is 0 Å². The second-order valence-electron chi connectivity index (χ2n) is 4.34. The molecule has 0 saturated heterocycles. The standard InChI is InChI=1S/C11H23NO2/c1-9(13)4-3-7-12-11(8-14-2)10-5-6-10/h9-13H,3-8H2,1-2H3. The molecule has 1 aliphatic carbocycles. The fourth-order valence-electron chi connectivity index (χ4n) is 1.72. The van der Waals surface area contributed by atoms with Crippen molar-refractivity contribution in [2.75, 3.05) is 20.3 Å². The van der Waals surface area contributed by atoms with Gasteiger partial charge in [-0.2, -0.15) is 0 Å². The first kappa shape index (κ1) is 12.0. The van der Waals surface area contributed by atoms with Gasteiger partial charge in [0.15, 0.2) is 0 Å². The van der Waals surface area contributed by atoms with E-state index in [4.69, 9.17) is 9.84 Å². The summed E-state index contributed by atoms with van der Waals surface area (Å²) in [6.07, 6.45) is 4.45. The highest BCUT2D eigenvalue weighted by Crippen LogP contribution is 2.32. The first-order valence-electron chi connectivity index (χ1n) is 5.64. The maximum Gasteiger partial charge on any atom is 0.0618 e. The smallest absolute Gasteiger partial charge is 0.0618 e. The molecular weight excluding hydrogens is 178 g/mol. The first-order valence-corrected chi connectivity index (χ1v) is 5.64. The SMILES string of the molecule is COCC(NCCCC(C)O)C1CC1. The maximum absolute atomic E-state index is 9.09. The van der Waals surface area contributed by atoms with Crippen molar-refractivity contribution in [1.82, 2.24) is 5.32 Å². The summed E-state index contributed by atoms with van der Waals surface area (Å²) < 4.78 is 5.17. The van der Waals surface area contributed by atoms with E-state index in [-0.39, 0.29) is 6.10 Å². The number of hydrogen-bond donors (Lipinski definition) is 2. The average molecular weight is 201 g/mol. The third kappa shape index (κ3) is 4.94. The Morgan fingerprint density at radius 2 is 2.21 bits per heavy atom. The summed E-state index contributed by atoms with van der Waals surface area (Å²) in [5, 5.41) is 12.6. The lowest BCUT2D eigenvalue weighted by Crippen LogP contribution is -2.36. The fraction of sp³-hybridized carbons (Fsp3) is 1.00. The van der Waals surface area contributed by atoms with Gasteiger partial charge in [-0.1, -0.05) is 0 Å². The molecule has 1 rings (SSSR count). The minimum Gasteiger partial charge on any atom is -0.393 e. The van der Waals surface area contributed by atoms with Crippen LogP contribution in [0.2, 0.25) is 0 Å². The zero-order valence-corrected chi connectivity index (χ0v) is 9.33. The van der Waals surface area contributed by atoms with Gasteiger partial charge in [0.05, 0.1) is 12.7 Å². The molecule has 0 spiro atoms. The molecule has 0 aliphatic heterocycles. The van der Waals surface area contributed by atoms with Crippen LogP contribution >= 0.6 is 0 Å². The van der Waals surface area contributed by atoms with Crippen molar-refractivity contribution in [3.63, 3.8) is 0 Å². The van der Waals surface area contributed by atoms with Gasteiger partial charge in [0.2, 0.25) is 0 Å². The number of rotatable bonds is 8. The Labute approximate surface area is 86.8 Å². The van der Waals surface area contributed by atoms with Crippen LogP contribution in [0.3, 0.4) is 0 Å². The summed E-state index contributed by atoms with van der Waals surface area (Å²) in [5.41, 5.74) is 0. The lowest BCUT2D eigenvalue weighted by Gasteiger charge is -2.17. The van der Waals surface area contributed by atoms with Crippen LogP contribution in [0.4, 0.5) is 0 Å². The Morgan fingerprint density at radius 1 is 1.50 bits per heavy atom. The second kappa shape index (κ2) is 6.38. The first-order chi connectivity index (χ1) is 6.74. The molecule has 0 aromatic rings. The highest BCUT2D eigenvalue weighted by atomic mass is 16.5. The number of hydrogen-bond acceptors (Lipinski definition) is 3. The highest BCUT2D eigenvalue weighted by molar-refractivity contribution is 4.86. The van der Waals surface area contributed by atoms with Crippen LogP contribution in [0.15, 0.2) is 0 Å². The molecule has 0 heterocycles. The van der Waals surface area contributed by atoms with E-state index in [0.29, 0.717) is 6.04 Å². The van der Waals surface area contributed by atoms with E-state index in [9.17, 15) is 0 Å². The van der Waals surface area contributed by atoms with Crippen LogP contribution in [-0.2, 0) is 4.74 Å². The van der Waals surface area contributed by atoms with Gasteiger partial charge in [0, 0.05) is 13.2 Å². The molecule has 0 aromatic heterocycles. The summed E-state index contributed by atoms with van der Waals surface area (Å²) in [6, 6.07) is 0.536. The van der Waals surface area contributed by atoms with E-state index >= 15 is 0 Å². The van der Waals surface area contributed by atoms with E-state index in [0.717, 1.165) is 31.9 Å². The predicted molar refractivity (Wildman–Crippen MR) is 57.3 cm³/mol. The molecule has 2 unspecified atom stereocenters. The zero-order valence-electron chi connectivity index (χ0n) is 9.33. The van der Waals surface area contributed by atoms with Crippen molar-refractivity contribution in [2.45, 2.75) is 44.8 Å². The summed E-state index contributed by atoms with van der Waals surface area (Å²) >= 11 is 0. The van der Waals surface area contributed by atoms with Crippen LogP contribution < -0.4 is 5.32 Å². The van der Waals surface area contributed by atoms with Crippen molar-refractivity contribution >= 4 is 0 Å². The van der Waals surface area contributed by atoms with Crippen LogP contribution in [0.25, 0.3) is 0 Å². The Bertz CT molecular complexity index is 146. The second-order valence-corrected chi connectivity index (χ2v) is 4.34. The molecule has 84 valence electrons. The van der Waals surface area contributed by atoms with E-state index in [1.54, 1.807) is 7.11 Å². The molecular formula is C11H23NO2. The Hall–Kier alpha value is -0.120. The van der Waals surface area contributed by atoms with Gasteiger partial charge in [0.1, 0.15) is 0 Å². The van der Waals surface area contributed by atoms with Gasteiger partial charge >= 0.3 is 0 Å². The molecule has 1 saturated carbocycles. The maximum atomic E-state index is 9.09. The summed E-state index contributed by atoms with van der Waals surface area (Å²) in [5.74, 6) is 0.835. The minimum absolute atomic E-state index is 0.168. The molecule has 1 aliphatic rings. The van der Waals surface area contributed by atoms with Gasteiger partial charge in [-0.15, -0.1) is 0 Å². The highest BCUT2D eigenvalue weighted by Gasteiger charge is 2.30.